The summed E-state index contributed by atoms with van der Waals surface area (Å²) in [5.74, 6) is 1.49. The molecule has 0 saturated carbocycles. The van der Waals surface area contributed by atoms with E-state index in [0.29, 0.717) is 36.1 Å². The molecule has 0 radical (unpaired) electrons. The molecule has 9 nitrogen and oxygen atoms in total. The molecular formula is C21H21N5O4. The highest BCUT2D eigenvalue weighted by Gasteiger charge is 2.29. The summed E-state index contributed by atoms with van der Waals surface area (Å²) in [6.07, 6.45) is 2.13. The van der Waals surface area contributed by atoms with Gasteiger partial charge in [-0.15, -0.1) is 0 Å². The van der Waals surface area contributed by atoms with Crippen molar-refractivity contribution in [2.24, 2.45) is 0 Å². The minimum absolute atomic E-state index is 0.104. The van der Waals surface area contributed by atoms with E-state index in [9.17, 15) is 10.1 Å². The van der Waals surface area contributed by atoms with Crippen LogP contribution in [0.1, 0.15) is 11.1 Å². The Kier molecular flexibility index (Phi) is 5.34. The molecule has 2 heterocycles. The molecule has 0 unspecified atom stereocenters. The van der Waals surface area contributed by atoms with Crippen LogP contribution in [0.3, 0.4) is 0 Å². The Bertz CT molecular complexity index is 1090. The van der Waals surface area contributed by atoms with Gasteiger partial charge in [0.25, 0.3) is 0 Å². The number of benzene rings is 2. The van der Waals surface area contributed by atoms with Gasteiger partial charge in [-0.05, 0) is 29.7 Å². The van der Waals surface area contributed by atoms with Crippen LogP contribution in [0.5, 0.6) is 11.5 Å². The largest absolute Gasteiger partial charge is 0.497 e. The summed E-state index contributed by atoms with van der Waals surface area (Å²) in [6.45, 7) is 1.19. The molecule has 0 atom stereocenters. The van der Waals surface area contributed by atoms with E-state index in [2.05, 4.69) is 21.4 Å². The molecule has 0 saturated heterocycles. The summed E-state index contributed by atoms with van der Waals surface area (Å²) in [5.41, 5.74) is 2.76. The van der Waals surface area contributed by atoms with E-state index in [1.807, 2.05) is 23.1 Å². The van der Waals surface area contributed by atoms with E-state index in [0.717, 1.165) is 12.0 Å². The molecule has 1 aliphatic heterocycles. The Balaban J connectivity index is 1.70. The first-order valence-electron chi connectivity index (χ1n) is 9.41. The van der Waals surface area contributed by atoms with Crippen molar-refractivity contribution in [3.63, 3.8) is 0 Å². The normalized spacial score (nSPS) is 12.8. The molecule has 2 aromatic carbocycles. The molecule has 1 aromatic heterocycles. The fraction of sp³-hybridized carbons (Fsp3) is 0.238. The summed E-state index contributed by atoms with van der Waals surface area (Å²) in [4.78, 5) is 21.8. The molecule has 1 N–H and O–H groups in total. The second kappa shape index (κ2) is 8.24. The molecule has 4 rings (SSSR count). The van der Waals surface area contributed by atoms with Crippen molar-refractivity contribution in [1.82, 2.24) is 9.97 Å². The van der Waals surface area contributed by atoms with Gasteiger partial charge in [-0.25, -0.2) is 9.97 Å². The van der Waals surface area contributed by atoms with E-state index < -0.39 is 4.92 Å². The average molecular weight is 407 g/mol. The number of methoxy groups -OCH3 is 2. The lowest BCUT2D eigenvalue weighted by Gasteiger charge is -2.29. The Morgan fingerprint density at radius 2 is 1.90 bits per heavy atom. The van der Waals surface area contributed by atoms with Gasteiger partial charge in [-0.1, -0.05) is 24.3 Å². The van der Waals surface area contributed by atoms with E-state index in [4.69, 9.17) is 9.47 Å². The van der Waals surface area contributed by atoms with Crippen molar-refractivity contribution in [1.29, 1.82) is 0 Å². The third-order valence-corrected chi connectivity index (χ3v) is 5.08. The summed E-state index contributed by atoms with van der Waals surface area (Å²) in [6, 6.07) is 13.3. The van der Waals surface area contributed by atoms with Crippen LogP contribution in [0.4, 0.5) is 23.0 Å². The number of hydrogen-bond acceptors (Lipinski definition) is 8. The third kappa shape index (κ3) is 3.69. The van der Waals surface area contributed by atoms with Crippen molar-refractivity contribution in [2.45, 2.75) is 13.0 Å². The molecular weight excluding hydrogens is 386 g/mol. The number of rotatable bonds is 6. The smallest absolute Gasteiger partial charge is 0.353 e. The van der Waals surface area contributed by atoms with E-state index in [1.54, 1.807) is 25.3 Å². The topological polar surface area (TPSA) is 103 Å². The van der Waals surface area contributed by atoms with Crippen LogP contribution in [-0.4, -0.2) is 35.7 Å². The molecule has 154 valence electrons. The monoisotopic (exact) mass is 407 g/mol. The molecule has 0 aliphatic carbocycles. The van der Waals surface area contributed by atoms with Crippen LogP contribution < -0.4 is 19.7 Å². The Labute approximate surface area is 173 Å². The zero-order valence-electron chi connectivity index (χ0n) is 16.7. The number of nitro groups is 1. The first-order valence-corrected chi connectivity index (χ1v) is 9.41. The molecule has 9 heteroatoms. The number of anilines is 3. The predicted octanol–water partition coefficient (Wildman–Crippen LogP) is 3.71. The van der Waals surface area contributed by atoms with Gasteiger partial charge in [0.05, 0.1) is 24.8 Å². The number of aromatic nitrogens is 2. The lowest BCUT2D eigenvalue weighted by molar-refractivity contribution is -0.383. The molecule has 0 spiro atoms. The third-order valence-electron chi connectivity index (χ3n) is 5.08. The lowest BCUT2D eigenvalue weighted by Crippen LogP contribution is -2.31. The van der Waals surface area contributed by atoms with Crippen LogP contribution in [0.25, 0.3) is 0 Å². The van der Waals surface area contributed by atoms with Gasteiger partial charge in [-0.3, -0.25) is 10.1 Å². The predicted molar refractivity (Wildman–Crippen MR) is 113 cm³/mol. The summed E-state index contributed by atoms with van der Waals surface area (Å²) < 4.78 is 10.6. The Hall–Kier alpha value is -3.88. The standard InChI is InChI=1S/C21H21N5O4/c1-29-16-7-8-17(18(11-16)30-2)24-20-19(26(27)28)21(23-13-22-20)25-10-9-14-5-3-4-6-15(14)12-25/h3-8,11,13H,9-10,12H2,1-2H3,(H,22,23,24). The Morgan fingerprint density at radius 3 is 2.63 bits per heavy atom. The maximum atomic E-state index is 12.0. The van der Waals surface area contributed by atoms with Crippen molar-refractivity contribution in [3.8, 4) is 11.5 Å². The zero-order valence-corrected chi connectivity index (χ0v) is 16.7. The van der Waals surface area contributed by atoms with Gasteiger partial charge in [0.1, 0.15) is 17.8 Å². The van der Waals surface area contributed by atoms with Crippen LogP contribution in [0.2, 0.25) is 0 Å². The lowest BCUT2D eigenvalue weighted by atomic mass is 10.00. The summed E-state index contributed by atoms with van der Waals surface area (Å²) in [5, 5.41) is 15.0. The number of fused-ring (bicyclic) bond motifs is 1. The summed E-state index contributed by atoms with van der Waals surface area (Å²) in [7, 11) is 3.07. The van der Waals surface area contributed by atoms with Gasteiger partial charge in [-0.2, -0.15) is 0 Å². The average Bonchev–Trinajstić information content (AvgIpc) is 2.78. The second-order valence-corrected chi connectivity index (χ2v) is 6.78. The van der Waals surface area contributed by atoms with Crippen LogP contribution in [0.15, 0.2) is 48.8 Å². The van der Waals surface area contributed by atoms with Crippen LogP contribution in [-0.2, 0) is 13.0 Å². The highest BCUT2D eigenvalue weighted by Crippen LogP contribution is 2.38. The quantitative estimate of drug-likeness (QED) is 0.487. The molecule has 3 aromatic rings. The zero-order chi connectivity index (χ0) is 21.1. The van der Waals surface area contributed by atoms with Gasteiger partial charge in [0.15, 0.2) is 0 Å². The highest BCUT2D eigenvalue weighted by molar-refractivity contribution is 5.77. The van der Waals surface area contributed by atoms with E-state index >= 15 is 0 Å². The maximum absolute atomic E-state index is 12.0. The maximum Gasteiger partial charge on any atom is 0.353 e. The fourth-order valence-electron chi connectivity index (χ4n) is 3.57. The Morgan fingerprint density at radius 1 is 1.10 bits per heavy atom. The molecule has 30 heavy (non-hydrogen) atoms. The van der Waals surface area contributed by atoms with Gasteiger partial charge >= 0.3 is 5.69 Å². The fourth-order valence-corrected chi connectivity index (χ4v) is 3.57. The van der Waals surface area contributed by atoms with Gasteiger partial charge in [0, 0.05) is 19.2 Å². The van der Waals surface area contributed by atoms with Crippen LogP contribution >= 0.6 is 0 Å². The summed E-state index contributed by atoms with van der Waals surface area (Å²) >= 11 is 0. The van der Waals surface area contributed by atoms with Gasteiger partial charge < -0.3 is 19.7 Å². The second-order valence-electron chi connectivity index (χ2n) is 6.78. The minimum Gasteiger partial charge on any atom is -0.497 e. The highest BCUT2D eigenvalue weighted by atomic mass is 16.6. The van der Waals surface area contributed by atoms with Crippen molar-refractivity contribution < 1.29 is 14.4 Å². The number of nitrogens with one attached hydrogen (secondary N) is 1. The number of ether oxygens (including phenoxy) is 2. The molecule has 0 fully saturated rings. The molecule has 1 aliphatic rings. The first kappa shape index (κ1) is 19.4. The number of hydrogen-bond donors (Lipinski definition) is 1. The SMILES string of the molecule is COc1ccc(Nc2ncnc(N3CCc4ccccc4C3)c2[N+](=O)[O-])c(OC)c1. The van der Waals surface area contributed by atoms with E-state index in [1.165, 1.54) is 19.0 Å². The molecule has 0 bridgehead atoms. The minimum atomic E-state index is -0.450. The van der Waals surface area contributed by atoms with Crippen molar-refractivity contribution >= 4 is 23.0 Å². The van der Waals surface area contributed by atoms with Gasteiger partial charge in [0.2, 0.25) is 11.6 Å². The van der Waals surface area contributed by atoms with Crippen molar-refractivity contribution in [2.75, 3.05) is 31.0 Å². The molecule has 0 amide bonds. The van der Waals surface area contributed by atoms with E-state index in [-0.39, 0.29) is 11.5 Å². The first-order chi connectivity index (χ1) is 14.6. The van der Waals surface area contributed by atoms with Crippen molar-refractivity contribution in [3.05, 3.63) is 70.0 Å². The number of nitrogens with zero attached hydrogens (tertiary/aromatic N) is 4. The van der Waals surface area contributed by atoms with Crippen LogP contribution in [0, 0.1) is 10.1 Å².